The highest BCUT2D eigenvalue weighted by Gasteiger charge is 2.17. The summed E-state index contributed by atoms with van der Waals surface area (Å²) < 4.78 is 5.19. The van der Waals surface area contributed by atoms with Gasteiger partial charge in [0.1, 0.15) is 5.60 Å². The maximum absolute atomic E-state index is 11.6. The monoisotopic (exact) mass is 271 g/mol. The first-order chi connectivity index (χ1) is 8.89. The molecule has 0 saturated heterocycles. The summed E-state index contributed by atoms with van der Waals surface area (Å²) in [4.78, 5) is 11.6. The van der Waals surface area contributed by atoms with Crippen molar-refractivity contribution in [3.63, 3.8) is 0 Å². The molecule has 0 bridgehead atoms. The number of nitrogens with one attached hydrogen (secondary N) is 1. The highest BCUT2D eigenvalue weighted by atomic mass is 16.6. The molecule has 1 amide bonds. The Morgan fingerprint density at radius 1 is 1.37 bits per heavy atom. The van der Waals surface area contributed by atoms with Crippen LogP contribution in [0.2, 0.25) is 0 Å². The lowest BCUT2D eigenvalue weighted by Gasteiger charge is -2.22. The van der Waals surface area contributed by atoms with Crippen LogP contribution in [-0.2, 0) is 4.74 Å². The number of amides is 1. The van der Waals surface area contributed by atoms with Crippen LogP contribution in [0.4, 0.5) is 4.79 Å². The molecule has 0 aliphatic carbocycles. The Balaban J connectivity index is 4.13. The molecule has 4 nitrogen and oxygen atoms in total. The molecule has 4 heteroatoms. The number of hydrogen-bond donors (Lipinski definition) is 2. The molecule has 0 aromatic heterocycles. The number of unbranched alkanes of at least 4 members (excludes halogenated alkanes) is 3. The van der Waals surface area contributed by atoms with Gasteiger partial charge in [0.05, 0.1) is 6.04 Å². The largest absolute Gasteiger partial charge is 0.444 e. The van der Waals surface area contributed by atoms with Gasteiger partial charge < -0.3 is 15.2 Å². The van der Waals surface area contributed by atoms with Gasteiger partial charge in [-0.05, 0) is 40.0 Å². The Hall–Kier alpha value is -1.03. The summed E-state index contributed by atoms with van der Waals surface area (Å²) in [7, 11) is 0. The molecule has 1 unspecified atom stereocenters. The van der Waals surface area contributed by atoms with Gasteiger partial charge in [0.2, 0.25) is 0 Å². The second kappa shape index (κ2) is 9.84. The van der Waals surface area contributed by atoms with E-state index in [1.165, 1.54) is 12.8 Å². The molecule has 0 fully saturated rings. The number of carbonyl (C=O) groups excluding carboxylic acids is 1. The number of rotatable bonds is 8. The van der Waals surface area contributed by atoms with Gasteiger partial charge in [0.25, 0.3) is 0 Å². The lowest BCUT2D eigenvalue weighted by atomic mass is 10.1. The number of ether oxygens (including phenoxy) is 1. The third kappa shape index (κ3) is 11.8. The molecule has 19 heavy (non-hydrogen) atoms. The van der Waals surface area contributed by atoms with Crippen molar-refractivity contribution < 1.29 is 14.6 Å². The minimum atomic E-state index is -0.501. The minimum absolute atomic E-state index is 0.0414. The third-order valence-electron chi connectivity index (χ3n) is 2.48. The normalized spacial score (nSPS) is 13.5. The van der Waals surface area contributed by atoms with Crippen molar-refractivity contribution in [2.45, 2.75) is 71.4 Å². The maximum atomic E-state index is 11.6. The van der Waals surface area contributed by atoms with Crippen molar-refractivity contribution in [1.82, 2.24) is 5.32 Å². The zero-order valence-electron chi connectivity index (χ0n) is 12.7. The van der Waals surface area contributed by atoms with Gasteiger partial charge in [-0.3, -0.25) is 0 Å². The second-order valence-electron chi connectivity index (χ2n) is 5.69. The van der Waals surface area contributed by atoms with E-state index in [1.54, 1.807) is 0 Å². The first-order valence-electron chi connectivity index (χ1n) is 7.16. The fourth-order valence-corrected chi connectivity index (χ4v) is 1.59. The molecule has 112 valence electrons. The first-order valence-corrected chi connectivity index (χ1v) is 7.16. The maximum Gasteiger partial charge on any atom is 0.408 e. The van der Waals surface area contributed by atoms with Gasteiger partial charge in [0, 0.05) is 6.61 Å². The van der Waals surface area contributed by atoms with Crippen molar-refractivity contribution >= 4 is 6.09 Å². The molecule has 0 rings (SSSR count). The van der Waals surface area contributed by atoms with Gasteiger partial charge in [-0.25, -0.2) is 4.79 Å². The SMILES string of the molecule is CCCCC/C=C/C(CCO)NC(=O)OC(C)(C)C. The molecule has 0 radical (unpaired) electrons. The zero-order chi connectivity index (χ0) is 14.7. The molecule has 0 aliphatic heterocycles. The summed E-state index contributed by atoms with van der Waals surface area (Å²) in [6.07, 6.45) is 8.65. The van der Waals surface area contributed by atoms with E-state index in [0.29, 0.717) is 6.42 Å². The minimum Gasteiger partial charge on any atom is -0.444 e. The number of hydrogen-bond acceptors (Lipinski definition) is 3. The van der Waals surface area contributed by atoms with Crippen LogP contribution < -0.4 is 5.32 Å². The highest BCUT2D eigenvalue weighted by Crippen LogP contribution is 2.08. The van der Waals surface area contributed by atoms with E-state index in [0.717, 1.165) is 12.8 Å². The van der Waals surface area contributed by atoms with Crippen LogP contribution in [0, 0.1) is 0 Å². The number of allylic oxidation sites excluding steroid dienone is 1. The molecule has 0 spiro atoms. The Morgan fingerprint density at radius 3 is 2.58 bits per heavy atom. The van der Waals surface area contributed by atoms with Crippen LogP contribution in [0.5, 0.6) is 0 Å². The average molecular weight is 271 g/mol. The van der Waals surface area contributed by atoms with Crippen molar-refractivity contribution in [3.05, 3.63) is 12.2 Å². The fraction of sp³-hybridized carbons (Fsp3) is 0.800. The number of carbonyl (C=O) groups is 1. The molecule has 0 aromatic carbocycles. The lowest BCUT2D eigenvalue weighted by molar-refractivity contribution is 0.0509. The van der Waals surface area contributed by atoms with Gasteiger partial charge in [0.15, 0.2) is 0 Å². The summed E-state index contributed by atoms with van der Waals surface area (Å²) in [5, 5.41) is 11.8. The molecule has 1 atom stereocenters. The summed E-state index contributed by atoms with van der Waals surface area (Å²) in [5.41, 5.74) is -0.501. The van der Waals surface area contributed by atoms with Crippen LogP contribution in [-0.4, -0.2) is 29.4 Å². The molecular formula is C15H29NO3. The molecule has 2 N–H and O–H groups in total. The van der Waals surface area contributed by atoms with Gasteiger partial charge >= 0.3 is 6.09 Å². The number of aliphatic hydroxyl groups is 1. The molecule has 0 aliphatic rings. The van der Waals surface area contributed by atoms with Crippen molar-refractivity contribution in [2.75, 3.05) is 6.61 Å². The van der Waals surface area contributed by atoms with Crippen molar-refractivity contribution in [1.29, 1.82) is 0 Å². The van der Waals surface area contributed by atoms with Crippen LogP contribution in [0.1, 0.15) is 59.8 Å². The van der Waals surface area contributed by atoms with Crippen molar-refractivity contribution in [3.8, 4) is 0 Å². The van der Waals surface area contributed by atoms with E-state index in [4.69, 9.17) is 9.84 Å². The fourth-order valence-electron chi connectivity index (χ4n) is 1.59. The quantitative estimate of drug-likeness (QED) is 0.525. The number of alkyl carbamates (subject to hydrolysis) is 1. The van der Waals surface area contributed by atoms with E-state index in [2.05, 4.69) is 18.3 Å². The van der Waals surface area contributed by atoms with E-state index in [9.17, 15) is 4.79 Å². The predicted octanol–water partition coefficient (Wildman–Crippen LogP) is 3.40. The zero-order valence-corrected chi connectivity index (χ0v) is 12.7. The third-order valence-corrected chi connectivity index (χ3v) is 2.48. The first kappa shape index (κ1) is 18.0. The summed E-state index contributed by atoms with van der Waals surface area (Å²) in [6, 6.07) is -0.165. The molecule has 0 aromatic rings. The Kier molecular flexibility index (Phi) is 9.31. The van der Waals surface area contributed by atoms with E-state index >= 15 is 0 Å². The molecular weight excluding hydrogens is 242 g/mol. The van der Waals surface area contributed by atoms with Crippen LogP contribution in [0.3, 0.4) is 0 Å². The number of aliphatic hydroxyl groups excluding tert-OH is 1. The summed E-state index contributed by atoms with van der Waals surface area (Å²) in [5.74, 6) is 0. The predicted molar refractivity (Wildman–Crippen MR) is 78.1 cm³/mol. The molecule has 0 heterocycles. The van der Waals surface area contributed by atoms with Gasteiger partial charge in [-0.1, -0.05) is 31.9 Å². The second-order valence-corrected chi connectivity index (χ2v) is 5.69. The Bertz CT molecular complexity index is 269. The standard InChI is InChI=1S/C15H29NO3/c1-5-6-7-8-9-10-13(11-12-17)16-14(18)19-15(2,3)4/h9-10,13,17H,5-8,11-12H2,1-4H3,(H,16,18)/b10-9+. The highest BCUT2D eigenvalue weighted by molar-refractivity contribution is 5.68. The Labute approximate surface area is 117 Å². The van der Waals surface area contributed by atoms with Crippen LogP contribution in [0.25, 0.3) is 0 Å². The summed E-state index contributed by atoms with van der Waals surface area (Å²) >= 11 is 0. The van der Waals surface area contributed by atoms with Crippen LogP contribution in [0.15, 0.2) is 12.2 Å². The smallest absolute Gasteiger partial charge is 0.408 e. The van der Waals surface area contributed by atoms with Gasteiger partial charge in [-0.15, -0.1) is 0 Å². The van der Waals surface area contributed by atoms with Gasteiger partial charge in [-0.2, -0.15) is 0 Å². The van der Waals surface area contributed by atoms with Crippen LogP contribution >= 0.6 is 0 Å². The molecule has 0 saturated carbocycles. The lowest BCUT2D eigenvalue weighted by Crippen LogP contribution is -2.38. The van der Waals surface area contributed by atoms with E-state index in [1.807, 2.05) is 26.8 Å². The topological polar surface area (TPSA) is 58.6 Å². The Morgan fingerprint density at radius 2 is 2.05 bits per heavy atom. The van der Waals surface area contributed by atoms with E-state index < -0.39 is 11.7 Å². The van der Waals surface area contributed by atoms with Crippen molar-refractivity contribution in [2.24, 2.45) is 0 Å². The average Bonchev–Trinajstić information content (AvgIpc) is 2.26. The van der Waals surface area contributed by atoms with E-state index in [-0.39, 0.29) is 12.6 Å². The summed E-state index contributed by atoms with van der Waals surface area (Å²) in [6.45, 7) is 7.69.